The van der Waals surface area contributed by atoms with E-state index in [0.717, 1.165) is 73.0 Å². The van der Waals surface area contributed by atoms with Gasteiger partial charge in [-0.1, -0.05) is 253 Å². The first kappa shape index (κ1) is 52.5. The Hall–Kier alpha value is -7.35. The first-order valence-electron chi connectivity index (χ1n) is 25.5. The van der Waals surface area contributed by atoms with Crippen LogP contribution in [0.25, 0.3) is 72.9 Å². The van der Waals surface area contributed by atoms with E-state index in [2.05, 4.69) is 296 Å². The zero-order chi connectivity index (χ0) is 51.7. The summed E-state index contributed by atoms with van der Waals surface area (Å²) in [5.74, 6) is 0. The Labute approximate surface area is 432 Å². The molecule has 1 heteroatoms. The van der Waals surface area contributed by atoms with Crippen molar-refractivity contribution >= 4 is 79.2 Å². The Morgan fingerprint density at radius 3 is 0.486 bits per heavy atom. The highest BCUT2D eigenvalue weighted by atomic mass is 16.1. The molecule has 0 atom stereocenters. The fraction of sp³-hybridized carbons (Fsp3) is 0.225. The molecule has 0 spiro atoms. The number of aldehydes is 1. The first-order valence-corrected chi connectivity index (χ1v) is 25.5. The quantitative estimate of drug-likeness (QED) is 0.0832. The summed E-state index contributed by atoms with van der Waals surface area (Å²) >= 11 is 0. The van der Waals surface area contributed by atoms with Crippen molar-refractivity contribution in [2.45, 2.75) is 105 Å². The predicted molar refractivity (Wildman–Crippen MR) is 319 cm³/mol. The van der Waals surface area contributed by atoms with Gasteiger partial charge in [0.25, 0.3) is 0 Å². The molecule has 0 aliphatic rings. The van der Waals surface area contributed by atoms with Crippen LogP contribution in [0.3, 0.4) is 0 Å². The molecule has 0 unspecified atom stereocenters. The molecule has 364 valence electrons. The zero-order valence-electron chi connectivity index (χ0n) is 44.8. The van der Waals surface area contributed by atoms with Gasteiger partial charge in [-0.25, -0.2) is 0 Å². The van der Waals surface area contributed by atoms with Crippen LogP contribution >= 0.6 is 0 Å². The van der Waals surface area contributed by atoms with Gasteiger partial charge in [-0.3, -0.25) is 4.79 Å². The molecule has 0 saturated carbocycles. The summed E-state index contributed by atoms with van der Waals surface area (Å²) in [5.41, 5.74) is 19.4. The van der Waals surface area contributed by atoms with Crippen LogP contribution < -0.4 is 0 Å². The molecule has 0 saturated heterocycles. The third kappa shape index (κ3) is 15.3. The van der Waals surface area contributed by atoms with Gasteiger partial charge >= 0.3 is 0 Å². The molecule has 0 radical (unpaired) electrons. The minimum Gasteiger partial charge on any atom is -0.298 e. The van der Waals surface area contributed by atoms with E-state index in [-0.39, 0.29) is 21.7 Å². The molecule has 0 amide bonds. The Morgan fingerprint density at radius 1 is 0.208 bits per heavy atom. The zero-order valence-corrected chi connectivity index (χ0v) is 44.8. The van der Waals surface area contributed by atoms with E-state index in [1.807, 2.05) is 12.1 Å². The number of rotatable bonds is 13. The molecule has 0 fully saturated rings. The lowest BCUT2D eigenvalue weighted by atomic mass is 9.86. The van der Waals surface area contributed by atoms with E-state index in [1.165, 1.54) is 22.3 Å². The largest absolute Gasteiger partial charge is 0.298 e. The summed E-state index contributed by atoms with van der Waals surface area (Å²) in [6.45, 7) is 26.9. The third-order valence-corrected chi connectivity index (χ3v) is 13.1. The smallest absolute Gasteiger partial charge is 0.150 e. The molecule has 1 nitrogen and oxygen atoms in total. The van der Waals surface area contributed by atoms with Gasteiger partial charge in [0.05, 0.1) is 0 Å². The minimum absolute atomic E-state index is 0.103. The summed E-state index contributed by atoms with van der Waals surface area (Å²) in [4.78, 5) is 12.4. The van der Waals surface area contributed by atoms with Gasteiger partial charge in [0.15, 0.2) is 0 Å². The lowest BCUT2D eigenvalue weighted by molar-refractivity contribution is 0.112. The Kier molecular flexibility index (Phi) is 16.3. The van der Waals surface area contributed by atoms with Crippen LogP contribution in [-0.4, -0.2) is 6.29 Å². The van der Waals surface area contributed by atoms with Crippen LogP contribution in [0.5, 0.6) is 0 Å². The fourth-order valence-corrected chi connectivity index (χ4v) is 8.48. The number of hydrogen-bond acceptors (Lipinski definition) is 1. The van der Waals surface area contributed by atoms with Crippen molar-refractivity contribution in [2.75, 3.05) is 0 Å². The summed E-state index contributed by atoms with van der Waals surface area (Å²) in [6, 6.07) is 54.7. The van der Waals surface area contributed by atoms with Gasteiger partial charge in [-0.05, 0) is 165 Å². The Balaban J connectivity index is 1.19. The monoisotopic (exact) mass is 943 g/mol. The summed E-state index contributed by atoms with van der Waals surface area (Å²) in [6.07, 6.45) is 26.9. The van der Waals surface area contributed by atoms with Crippen LogP contribution in [-0.2, 0) is 21.7 Å². The van der Waals surface area contributed by atoms with E-state index in [4.69, 9.17) is 0 Å². The highest BCUT2D eigenvalue weighted by Crippen LogP contribution is 2.28. The minimum atomic E-state index is 0.103. The maximum atomic E-state index is 12.4. The molecule has 0 aliphatic carbocycles. The van der Waals surface area contributed by atoms with Crippen LogP contribution in [0.4, 0.5) is 0 Å². The maximum Gasteiger partial charge on any atom is 0.150 e. The molecule has 0 aromatic heterocycles. The molecule has 0 aliphatic heterocycles. The predicted octanol–water partition coefficient (Wildman–Crippen LogP) is 19.7. The summed E-state index contributed by atoms with van der Waals surface area (Å²) < 4.78 is 0. The van der Waals surface area contributed by atoms with Crippen LogP contribution in [0.2, 0.25) is 0 Å². The van der Waals surface area contributed by atoms with Crippen LogP contribution in [0, 0.1) is 0 Å². The normalized spacial score (nSPS) is 13.0. The number of hydrogen-bond donors (Lipinski definition) is 0. The van der Waals surface area contributed by atoms with Crippen LogP contribution in [0.1, 0.15) is 182 Å². The lowest BCUT2D eigenvalue weighted by Crippen LogP contribution is -2.10. The Morgan fingerprint density at radius 2 is 0.347 bits per heavy atom. The van der Waals surface area contributed by atoms with Crippen LogP contribution in [0.15, 0.2) is 152 Å². The van der Waals surface area contributed by atoms with E-state index in [1.54, 1.807) is 0 Å². The van der Waals surface area contributed by atoms with E-state index in [9.17, 15) is 4.79 Å². The lowest BCUT2D eigenvalue weighted by Gasteiger charge is -2.18. The number of benzene rings is 7. The molecule has 0 heterocycles. The van der Waals surface area contributed by atoms with Gasteiger partial charge in [-0.15, -0.1) is 0 Å². The van der Waals surface area contributed by atoms with Crippen molar-refractivity contribution in [1.29, 1.82) is 0 Å². The van der Waals surface area contributed by atoms with Crippen molar-refractivity contribution in [3.05, 3.63) is 246 Å². The average Bonchev–Trinajstić information content (AvgIpc) is 3.34. The summed E-state index contributed by atoms with van der Waals surface area (Å²) in [7, 11) is 0. The molecular formula is C71H74O. The molecule has 0 bridgehead atoms. The SMILES string of the molecule is CC(C)(C)c1ccc(/C=C/c2cc(/C=C/c3ccc(C(C)(C)C)cc3)cc(/C=C/c3cc(C=O)cc(/C=C/c4cc(/C=C/c5ccc(C(C)(C)C)cc5)cc(/C=C/c5ccc(C(C)(C)C)cc5)c4)c3)c2)cc1. The highest BCUT2D eigenvalue weighted by Gasteiger charge is 2.15. The standard InChI is InChI=1S/C71H74O/c1-68(2,3)64-33-25-51(26-34-64)13-17-55-41-56(18-14-52-27-35-65(36-28-52)69(4,5)6)44-59(43-55)21-23-61-47-62(49-63(48-61)50-72)24-22-60-45-57(19-15-53-29-37-66(38-30-53)70(7,8)9)42-58(46-60)20-16-54-31-39-67(40-32-54)71(10,11)12/h13-50H,1-12H3/b17-13+,18-14+,19-15+,20-16+,23-21+,24-22+. The van der Waals surface area contributed by atoms with Crippen molar-refractivity contribution in [3.63, 3.8) is 0 Å². The highest BCUT2D eigenvalue weighted by molar-refractivity contribution is 5.85. The first-order chi connectivity index (χ1) is 34.0. The molecule has 0 N–H and O–H groups in total. The molecule has 72 heavy (non-hydrogen) atoms. The summed E-state index contributed by atoms with van der Waals surface area (Å²) in [5, 5.41) is 0. The van der Waals surface area contributed by atoms with E-state index >= 15 is 0 Å². The molecule has 7 aromatic rings. The van der Waals surface area contributed by atoms with E-state index in [0.29, 0.717) is 5.56 Å². The van der Waals surface area contributed by atoms with Gasteiger partial charge in [0.1, 0.15) is 6.29 Å². The van der Waals surface area contributed by atoms with Gasteiger partial charge in [0, 0.05) is 5.56 Å². The van der Waals surface area contributed by atoms with E-state index < -0.39 is 0 Å². The average molecular weight is 943 g/mol. The second kappa shape index (κ2) is 22.4. The molecule has 7 rings (SSSR count). The second-order valence-electron chi connectivity index (χ2n) is 23.4. The molecular weight excluding hydrogens is 869 g/mol. The third-order valence-electron chi connectivity index (χ3n) is 13.1. The molecule has 7 aromatic carbocycles. The van der Waals surface area contributed by atoms with Crippen molar-refractivity contribution in [2.24, 2.45) is 0 Å². The topological polar surface area (TPSA) is 17.1 Å². The second-order valence-corrected chi connectivity index (χ2v) is 23.4. The van der Waals surface area contributed by atoms with Crippen molar-refractivity contribution in [1.82, 2.24) is 0 Å². The van der Waals surface area contributed by atoms with Crippen molar-refractivity contribution in [3.8, 4) is 0 Å². The maximum absolute atomic E-state index is 12.4. The fourth-order valence-electron chi connectivity index (χ4n) is 8.48. The van der Waals surface area contributed by atoms with Crippen molar-refractivity contribution < 1.29 is 4.79 Å². The van der Waals surface area contributed by atoms with Gasteiger partial charge in [-0.2, -0.15) is 0 Å². The number of carbonyl (C=O) groups excluding carboxylic acids is 1. The number of carbonyl (C=O) groups is 1. The van der Waals surface area contributed by atoms with Gasteiger partial charge < -0.3 is 0 Å². The Bertz CT molecular complexity index is 2770. The van der Waals surface area contributed by atoms with Gasteiger partial charge in [0.2, 0.25) is 0 Å².